The van der Waals surface area contributed by atoms with Gasteiger partial charge in [-0.2, -0.15) is 0 Å². The van der Waals surface area contributed by atoms with Crippen molar-refractivity contribution >= 4 is 22.9 Å². The Morgan fingerprint density at radius 3 is 2.50 bits per heavy atom. The van der Waals surface area contributed by atoms with E-state index < -0.39 is 24.6 Å². The largest absolute Gasteiger partial charge is 0.550 e. The molecule has 0 radical (unpaired) electrons. The molecule has 154 valence electrons. The average Bonchev–Trinajstić information content (AvgIpc) is 3.56. The van der Waals surface area contributed by atoms with Gasteiger partial charge in [0.1, 0.15) is 0 Å². The number of hydrogen-bond acceptors (Lipinski definition) is 5. The summed E-state index contributed by atoms with van der Waals surface area (Å²) in [4.78, 5) is 15.6. The third-order valence-corrected chi connectivity index (χ3v) is 5.39. The van der Waals surface area contributed by atoms with Gasteiger partial charge in [0, 0.05) is 41.2 Å². The van der Waals surface area contributed by atoms with Crippen LogP contribution >= 0.6 is 0 Å². The molecule has 1 fully saturated rings. The summed E-state index contributed by atoms with van der Waals surface area (Å²) in [6.07, 6.45) is 2.98. The summed E-state index contributed by atoms with van der Waals surface area (Å²) < 4.78 is 0. The van der Waals surface area contributed by atoms with Gasteiger partial charge in [0.05, 0.1) is 23.4 Å². The van der Waals surface area contributed by atoms with Crippen molar-refractivity contribution in [3.05, 3.63) is 71.9 Å². The van der Waals surface area contributed by atoms with Gasteiger partial charge in [0.2, 0.25) is 0 Å². The number of aromatic nitrogens is 1. The van der Waals surface area contributed by atoms with Crippen LogP contribution < -0.4 is 5.11 Å². The van der Waals surface area contributed by atoms with Crippen molar-refractivity contribution in [1.29, 1.82) is 0 Å². The fraction of sp³-hybridized carbons (Fsp3) is 0.280. The number of aliphatic hydroxyl groups excluding tert-OH is 2. The van der Waals surface area contributed by atoms with Gasteiger partial charge in [-0.05, 0) is 24.5 Å². The number of hydrogen-bond donors (Lipinski definition) is 2. The SMILES string of the molecule is O=C([O-])C[C@H](O)C[C@H](O)/C=C/c1c(C2CC2)nc2ccccc2c1-c1ccccc1. The molecule has 5 heteroatoms. The lowest BCUT2D eigenvalue weighted by molar-refractivity contribution is -0.307. The van der Waals surface area contributed by atoms with Crippen molar-refractivity contribution < 1.29 is 20.1 Å². The lowest BCUT2D eigenvalue weighted by Gasteiger charge is -2.17. The van der Waals surface area contributed by atoms with Gasteiger partial charge in [-0.3, -0.25) is 4.98 Å². The summed E-state index contributed by atoms with van der Waals surface area (Å²) in [5, 5.41) is 31.8. The van der Waals surface area contributed by atoms with Crippen molar-refractivity contribution in [2.45, 2.75) is 43.8 Å². The number of carboxylic acids is 1. The molecule has 1 aromatic heterocycles. The predicted molar refractivity (Wildman–Crippen MR) is 114 cm³/mol. The first-order valence-corrected chi connectivity index (χ1v) is 10.2. The number of carboxylic acid groups (broad SMARTS) is 1. The van der Waals surface area contributed by atoms with E-state index in [1.54, 1.807) is 6.08 Å². The molecular formula is C25H24NO4-. The van der Waals surface area contributed by atoms with Gasteiger partial charge < -0.3 is 20.1 Å². The first-order valence-electron chi connectivity index (χ1n) is 10.2. The van der Waals surface area contributed by atoms with E-state index in [1.807, 2.05) is 42.5 Å². The third-order valence-electron chi connectivity index (χ3n) is 5.39. The van der Waals surface area contributed by atoms with Crippen molar-refractivity contribution in [3.8, 4) is 11.1 Å². The van der Waals surface area contributed by atoms with Gasteiger partial charge in [0.25, 0.3) is 0 Å². The number of para-hydroxylation sites is 1. The first-order chi connectivity index (χ1) is 14.5. The number of nitrogens with zero attached hydrogens (tertiary/aromatic N) is 1. The molecule has 2 N–H and O–H groups in total. The maximum Gasteiger partial charge on any atom is 0.0748 e. The van der Waals surface area contributed by atoms with Crippen molar-refractivity contribution in [1.82, 2.24) is 4.98 Å². The van der Waals surface area contributed by atoms with Gasteiger partial charge in [-0.25, -0.2) is 0 Å². The molecule has 4 rings (SSSR count). The zero-order valence-electron chi connectivity index (χ0n) is 16.6. The Morgan fingerprint density at radius 1 is 1.10 bits per heavy atom. The van der Waals surface area contributed by atoms with E-state index >= 15 is 0 Å². The van der Waals surface area contributed by atoms with E-state index in [2.05, 4.69) is 18.2 Å². The summed E-state index contributed by atoms with van der Waals surface area (Å²) in [5.74, 6) is -0.933. The molecule has 3 aromatic rings. The summed E-state index contributed by atoms with van der Waals surface area (Å²) in [6.45, 7) is 0. The second kappa shape index (κ2) is 8.78. The number of carbonyl (C=O) groups excluding carboxylic acids is 1. The van der Waals surface area contributed by atoms with Crippen LogP contribution in [0, 0.1) is 0 Å². The topological polar surface area (TPSA) is 93.5 Å². The summed E-state index contributed by atoms with van der Waals surface area (Å²) in [5.41, 5.74) is 5.08. The second-order valence-electron chi connectivity index (χ2n) is 7.84. The number of aliphatic hydroxyl groups is 2. The highest BCUT2D eigenvalue weighted by molar-refractivity contribution is 5.99. The Labute approximate surface area is 175 Å². The number of rotatable bonds is 8. The van der Waals surface area contributed by atoms with Gasteiger partial charge in [-0.1, -0.05) is 60.7 Å². The van der Waals surface area contributed by atoms with E-state index in [1.165, 1.54) is 0 Å². The molecule has 0 aliphatic heterocycles. The molecule has 0 spiro atoms. The van der Waals surface area contributed by atoms with E-state index in [4.69, 9.17) is 4.98 Å². The lowest BCUT2D eigenvalue weighted by atomic mass is 9.92. The van der Waals surface area contributed by atoms with E-state index in [0.717, 1.165) is 46.1 Å². The summed E-state index contributed by atoms with van der Waals surface area (Å²) in [6, 6.07) is 18.2. The molecule has 30 heavy (non-hydrogen) atoms. The highest BCUT2D eigenvalue weighted by Crippen LogP contribution is 2.45. The Kier molecular flexibility index (Phi) is 5.93. The van der Waals surface area contributed by atoms with E-state index in [0.29, 0.717) is 5.92 Å². The van der Waals surface area contributed by atoms with Crippen molar-refractivity contribution in [2.75, 3.05) is 0 Å². The molecule has 1 heterocycles. The molecule has 0 bridgehead atoms. The highest BCUT2D eigenvalue weighted by Gasteiger charge is 2.29. The minimum absolute atomic E-state index is 0.0646. The van der Waals surface area contributed by atoms with Crippen LogP contribution in [0.5, 0.6) is 0 Å². The third kappa shape index (κ3) is 4.58. The van der Waals surface area contributed by atoms with Crippen LogP contribution in [0.3, 0.4) is 0 Å². The van der Waals surface area contributed by atoms with Crippen LogP contribution in [0.25, 0.3) is 28.1 Å². The molecular weight excluding hydrogens is 378 g/mol. The average molecular weight is 402 g/mol. The minimum Gasteiger partial charge on any atom is -0.550 e. The van der Waals surface area contributed by atoms with Crippen LogP contribution in [-0.4, -0.2) is 33.4 Å². The number of fused-ring (bicyclic) bond motifs is 1. The number of aliphatic carboxylic acids is 1. The monoisotopic (exact) mass is 402 g/mol. The molecule has 2 atom stereocenters. The standard InChI is InChI=1S/C25H25NO4/c27-18(14-19(28)15-23(29)30)12-13-21-24(16-6-2-1-3-7-16)20-8-4-5-9-22(20)26-25(21)17-10-11-17/h1-9,12-13,17-19,27-28H,10-11,14-15H2,(H,29,30)/p-1/b13-12+/t18-,19-/m1/s1. The smallest absolute Gasteiger partial charge is 0.0748 e. The normalized spacial score (nSPS) is 16.1. The Morgan fingerprint density at radius 2 is 1.80 bits per heavy atom. The minimum atomic E-state index is -1.33. The Hall–Kier alpha value is -3.02. The van der Waals surface area contributed by atoms with Gasteiger partial charge in [-0.15, -0.1) is 0 Å². The molecule has 0 unspecified atom stereocenters. The molecule has 0 amide bonds. The number of carbonyl (C=O) groups is 1. The number of pyridine rings is 1. The van der Waals surface area contributed by atoms with Crippen molar-refractivity contribution in [3.63, 3.8) is 0 Å². The van der Waals surface area contributed by atoms with Gasteiger partial charge in [0.15, 0.2) is 0 Å². The number of benzene rings is 2. The molecule has 1 aliphatic rings. The fourth-order valence-electron chi connectivity index (χ4n) is 3.84. The predicted octanol–water partition coefficient (Wildman–Crippen LogP) is 3.04. The molecule has 2 aromatic carbocycles. The molecule has 1 aliphatic carbocycles. The van der Waals surface area contributed by atoms with Crippen LogP contribution in [0.2, 0.25) is 0 Å². The Bertz CT molecular complexity index is 1070. The zero-order chi connectivity index (χ0) is 21.1. The van der Waals surface area contributed by atoms with Crippen molar-refractivity contribution in [2.24, 2.45) is 0 Å². The highest BCUT2D eigenvalue weighted by atomic mass is 16.4. The maximum absolute atomic E-state index is 10.6. The Balaban J connectivity index is 1.78. The van der Waals surface area contributed by atoms with Crippen LogP contribution in [0.15, 0.2) is 60.7 Å². The molecule has 5 nitrogen and oxygen atoms in total. The van der Waals surface area contributed by atoms with E-state index in [-0.39, 0.29) is 6.42 Å². The quantitative estimate of drug-likeness (QED) is 0.604. The zero-order valence-corrected chi connectivity index (χ0v) is 16.6. The van der Waals surface area contributed by atoms with Crippen LogP contribution in [0.4, 0.5) is 0 Å². The molecule has 0 saturated heterocycles. The van der Waals surface area contributed by atoms with Crippen LogP contribution in [-0.2, 0) is 4.79 Å². The first kappa shape index (κ1) is 20.3. The second-order valence-corrected chi connectivity index (χ2v) is 7.84. The molecule has 1 saturated carbocycles. The lowest BCUT2D eigenvalue weighted by Crippen LogP contribution is -2.29. The van der Waals surface area contributed by atoms with Crippen LogP contribution in [0.1, 0.15) is 42.9 Å². The maximum atomic E-state index is 10.6. The van der Waals surface area contributed by atoms with E-state index in [9.17, 15) is 20.1 Å². The summed E-state index contributed by atoms with van der Waals surface area (Å²) in [7, 11) is 0. The fourth-order valence-corrected chi connectivity index (χ4v) is 3.84. The van der Waals surface area contributed by atoms with Gasteiger partial charge >= 0.3 is 0 Å². The summed E-state index contributed by atoms with van der Waals surface area (Å²) >= 11 is 0.